The third-order valence-corrected chi connectivity index (χ3v) is 2.24. The fourth-order valence-corrected chi connectivity index (χ4v) is 1.57. The van der Waals surface area contributed by atoms with Gasteiger partial charge in [-0.15, -0.1) is 0 Å². The fraction of sp³-hybridized carbons (Fsp3) is 0.133. The van der Waals surface area contributed by atoms with Crippen LogP contribution >= 0.6 is 12.2 Å². The predicted octanol–water partition coefficient (Wildman–Crippen LogP) is 3.00. The molecule has 3 N–H and O–H groups in total. The lowest BCUT2D eigenvalue weighted by atomic mass is 10.1. The van der Waals surface area contributed by atoms with Crippen LogP contribution in [0.4, 0.5) is 5.82 Å². The van der Waals surface area contributed by atoms with Crippen molar-refractivity contribution in [3.63, 3.8) is 0 Å². The van der Waals surface area contributed by atoms with Crippen molar-refractivity contribution in [2.45, 2.75) is 13.8 Å². The maximum Gasteiger partial charge on any atom is 0.169 e. The van der Waals surface area contributed by atoms with E-state index in [0.29, 0.717) is 5.82 Å². The Morgan fingerprint density at radius 2 is 1.75 bits per heavy atom. The smallest absolute Gasteiger partial charge is 0.169 e. The van der Waals surface area contributed by atoms with Crippen molar-refractivity contribution in [3.05, 3.63) is 48.7 Å². The van der Waals surface area contributed by atoms with Crippen LogP contribution in [0.5, 0.6) is 0 Å². The Morgan fingerprint density at radius 1 is 1.15 bits per heavy atom. The highest BCUT2D eigenvalue weighted by Gasteiger charge is 2.05. The molecule has 1 aromatic carbocycles. The number of aromatic nitrogens is 1. The average molecular weight is 287 g/mol. The molecule has 5 heteroatoms. The van der Waals surface area contributed by atoms with Gasteiger partial charge in [-0.25, -0.2) is 4.98 Å². The standard InChI is InChI=1S/C12H11N3S.C3H6O/c13-12(16)15-11-10(7-4-8-14-11)9-5-2-1-3-6-9;1-3(2)4/h1-8H,(H3,13,14,15,16);1-2H3. The van der Waals surface area contributed by atoms with E-state index in [-0.39, 0.29) is 10.9 Å². The molecule has 20 heavy (non-hydrogen) atoms. The summed E-state index contributed by atoms with van der Waals surface area (Å²) in [5.41, 5.74) is 7.51. The van der Waals surface area contributed by atoms with E-state index in [4.69, 9.17) is 18.0 Å². The third kappa shape index (κ3) is 5.58. The summed E-state index contributed by atoms with van der Waals surface area (Å²) in [6.07, 6.45) is 1.70. The number of pyridine rings is 1. The van der Waals surface area contributed by atoms with Crippen molar-refractivity contribution in [1.29, 1.82) is 0 Å². The lowest BCUT2D eigenvalue weighted by molar-refractivity contribution is -0.114. The van der Waals surface area contributed by atoms with Crippen molar-refractivity contribution in [3.8, 4) is 11.1 Å². The van der Waals surface area contributed by atoms with Crippen LogP contribution in [0.2, 0.25) is 0 Å². The summed E-state index contributed by atoms with van der Waals surface area (Å²) < 4.78 is 0. The molecule has 0 atom stereocenters. The number of thiocarbonyl (C=S) groups is 1. The van der Waals surface area contributed by atoms with E-state index in [1.165, 1.54) is 13.8 Å². The van der Waals surface area contributed by atoms with Crippen LogP contribution < -0.4 is 11.1 Å². The molecule has 0 saturated carbocycles. The zero-order valence-corrected chi connectivity index (χ0v) is 12.3. The van der Waals surface area contributed by atoms with Gasteiger partial charge in [0.25, 0.3) is 0 Å². The van der Waals surface area contributed by atoms with Gasteiger partial charge in [-0.2, -0.15) is 0 Å². The van der Waals surface area contributed by atoms with Crippen LogP contribution in [0.3, 0.4) is 0 Å². The van der Waals surface area contributed by atoms with Gasteiger partial charge < -0.3 is 15.8 Å². The normalized spacial score (nSPS) is 9.10. The minimum atomic E-state index is 0.167. The Balaban J connectivity index is 0.000000444. The molecule has 0 amide bonds. The highest BCUT2D eigenvalue weighted by molar-refractivity contribution is 7.80. The van der Waals surface area contributed by atoms with Gasteiger partial charge in [0.15, 0.2) is 5.11 Å². The molecule has 0 saturated heterocycles. The quantitative estimate of drug-likeness (QED) is 0.831. The Hall–Kier alpha value is -2.27. The lowest BCUT2D eigenvalue weighted by Gasteiger charge is -2.09. The number of carbonyl (C=O) groups is 1. The molecule has 0 bridgehead atoms. The molecule has 0 aliphatic heterocycles. The summed E-state index contributed by atoms with van der Waals surface area (Å²) >= 11 is 4.81. The van der Waals surface area contributed by atoms with Crippen LogP contribution in [0.15, 0.2) is 48.7 Å². The highest BCUT2D eigenvalue weighted by atomic mass is 32.1. The Bertz CT molecular complexity index is 581. The second kappa shape index (κ2) is 8.01. The molecule has 4 nitrogen and oxygen atoms in total. The number of hydrogen-bond acceptors (Lipinski definition) is 3. The van der Waals surface area contributed by atoms with Crippen LogP contribution in [0.1, 0.15) is 13.8 Å². The average Bonchev–Trinajstić information content (AvgIpc) is 2.39. The first-order chi connectivity index (χ1) is 9.50. The van der Waals surface area contributed by atoms with Crippen molar-refractivity contribution in [2.24, 2.45) is 5.73 Å². The number of carbonyl (C=O) groups excluding carboxylic acids is 1. The SMILES string of the molecule is CC(C)=O.NC(=S)Nc1ncccc1-c1ccccc1. The monoisotopic (exact) mass is 287 g/mol. The van der Waals surface area contributed by atoms with Crippen LogP contribution in [-0.2, 0) is 4.79 Å². The molecule has 2 rings (SSSR count). The predicted molar refractivity (Wildman–Crippen MR) is 86.4 cm³/mol. The molecule has 0 spiro atoms. The molecule has 0 unspecified atom stereocenters. The number of ketones is 1. The van der Waals surface area contributed by atoms with Gasteiger partial charge in [0, 0.05) is 11.8 Å². The topological polar surface area (TPSA) is 68.0 Å². The Morgan fingerprint density at radius 3 is 2.30 bits per heavy atom. The number of hydrogen-bond donors (Lipinski definition) is 2. The minimum absolute atomic E-state index is 0.167. The van der Waals surface area contributed by atoms with Gasteiger partial charge in [0.1, 0.15) is 11.6 Å². The summed E-state index contributed by atoms with van der Waals surface area (Å²) in [7, 11) is 0. The largest absolute Gasteiger partial charge is 0.376 e. The molecule has 0 radical (unpaired) electrons. The minimum Gasteiger partial charge on any atom is -0.376 e. The van der Waals surface area contributed by atoms with Crippen LogP contribution in [-0.4, -0.2) is 15.9 Å². The van der Waals surface area contributed by atoms with E-state index < -0.39 is 0 Å². The number of rotatable bonds is 2. The van der Waals surface area contributed by atoms with Crippen molar-refractivity contribution in [2.75, 3.05) is 5.32 Å². The zero-order valence-electron chi connectivity index (χ0n) is 11.5. The Kier molecular flexibility index (Phi) is 6.32. The van der Waals surface area contributed by atoms with E-state index in [2.05, 4.69) is 10.3 Å². The van der Waals surface area contributed by atoms with E-state index >= 15 is 0 Å². The molecule has 0 aliphatic carbocycles. The highest BCUT2D eigenvalue weighted by Crippen LogP contribution is 2.25. The molecule has 1 heterocycles. The van der Waals surface area contributed by atoms with Gasteiger partial charge in [-0.05, 0) is 43.8 Å². The maximum absolute atomic E-state index is 9.44. The summed E-state index contributed by atoms with van der Waals surface area (Å²) in [4.78, 5) is 13.7. The van der Waals surface area contributed by atoms with Crippen molar-refractivity contribution >= 4 is 28.9 Å². The molecule has 2 aromatic rings. The van der Waals surface area contributed by atoms with Crippen molar-refractivity contribution < 1.29 is 4.79 Å². The summed E-state index contributed by atoms with van der Waals surface area (Å²) in [6, 6.07) is 13.8. The first kappa shape index (κ1) is 15.8. The van der Waals surface area contributed by atoms with Gasteiger partial charge in [0.05, 0.1) is 0 Å². The summed E-state index contributed by atoms with van der Waals surface area (Å²) in [5.74, 6) is 0.848. The van der Waals surface area contributed by atoms with E-state index in [0.717, 1.165) is 11.1 Å². The summed E-state index contributed by atoms with van der Waals surface area (Å²) in [5, 5.41) is 3.09. The van der Waals surface area contributed by atoms with E-state index in [1.54, 1.807) is 6.20 Å². The fourth-order valence-electron chi connectivity index (χ4n) is 1.47. The zero-order chi connectivity index (χ0) is 15.0. The second-order valence-corrected chi connectivity index (χ2v) is 4.60. The van der Waals surface area contributed by atoms with Crippen LogP contribution in [0, 0.1) is 0 Å². The van der Waals surface area contributed by atoms with Gasteiger partial charge >= 0.3 is 0 Å². The van der Waals surface area contributed by atoms with E-state index in [9.17, 15) is 4.79 Å². The van der Waals surface area contributed by atoms with Gasteiger partial charge in [-0.3, -0.25) is 0 Å². The Labute approximate surface area is 124 Å². The summed E-state index contributed by atoms with van der Waals surface area (Å²) in [6.45, 7) is 3.06. The van der Waals surface area contributed by atoms with E-state index in [1.807, 2.05) is 42.5 Å². The molecule has 0 aliphatic rings. The van der Waals surface area contributed by atoms with Gasteiger partial charge in [0.2, 0.25) is 0 Å². The lowest BCUT2D eigenvalue weighted by Crippen LogP contribution is -2.20. The molecular weight excluding hydrogens is 270 g/mol. The van der Waals surface area contributed by atoms with Crippen LogP contribution in [0.25, 0.3) is 11.1 Å². The molecular formula is C15H17N3OS. The second-order valence-electron chi connectivity index (χ2n) is 4.16. The molecule has 0 fully saturated rings. The number of benzene rings is 1. The first-order valence-electron chi connectivity index (χ1n) is 6.04. The van der Waals surface area contributed by atoms with Gasteiger partial charge in [-0.1, -0.05) is 30.3 Å². The number of nitrogens with two attached hydrogens (primary N) is 1. The number of anilines is 1. The molecule has 104 valence electrons. The molecule has 1 aromatic heterocycles. The number of nitrogens with one attached hydrogen (secondary N) is 1. The number of Topliss-reactive ketones (excluding diaryl/α,β-unsaturated/α-hetero) is 1. The van der Waals surface area contributed by atoms with Crippen molar-refractivity contribution in [1.82, 2.24) is 4.98 Å². The first-order valence-corrected chi connectivity index (χ1v) is 6.45. The third-order valence-electron chi connectivity index (χ3n) is 2.13. The number of nitrogens with zero attached hydrogens (tertiary/aromatic N) is 1. The maximum atomic E-state index is 9.44.